The minimum Gasteiger partial charge on any atom is -0.462 e. The van der Waals surface area contributed by atoms with Crippen LogP contribution in [0.5, 0.6) is 0 Å². The largest absolute Gasteiger partial charge is 0.462 e. The first-order valence-electron chi connectivity index (χ1n) is 5.88. The van der Waals surface area contributed by atoms with Crippen LogP contribution in [0.4, 0.5) is 0 Å². The maximum atomic E-state index is 11.5. The number of carbonyl (C=O) groups excluding carboxylic acids is 1. The molecule has 0 atom stereocenters. The third kappa shape index (κ3) is 2.77. The summed E-state index contributed by atoms with van der Waals surface area (Å²) in [7, 11) is 0. The van der Waals surface area contributed by atoms with E-state index in [9.17, 15) is 4.79 Å². The summed E-state index contributed by atoms with van der Waals surface area (Å²) in [6.07, 6.45) is 1.54. The zero-order chi connectivity index (χ0) is 13.7. The van der Waals surface area contributed by atoms with Crippen LogP contribution in [0.2, 0.25) is 0 Å². The molecule has 0 spiro atoms. The first-order valence-corrected chi connectivity index (χ1v) is 5.88. The molecule has 0 saturated heterocycles. The highest BCUT2D eigenvalue weighted by atomic mass is 16.5. The van der Waals surface area contributed by atoms with Crippen molar-refractivity contribution < 1.29 is 9.53 Å². The van der Waals surface area contributed by atoms with Crippen LogP contribution in [0.1, 0.15) is 30.8 Å². The Labute approximate surface area is 107 Å². The average molecular weight is 247 g/mol. The van der Waals surface area contributed by atoms with Crippen molar-refractivity contribution in [2.45, 2.75) is 34.2 Å². The summed E-state index contributed by atoms with van der Waals surface area (Å²) in [5, 5.41) is 13.3. The van der Waals surface area contributed by atoms with Crippen LogP contribution in [0.3, 0.4) is 0 Å². The first kappa shape index (κ1) is 14.0. The Hall–Kier alpha value is -2.09. The molecule has 0 aliphatic heterocycles. The van der Waals surface area contributed by atoms with E-state index in [0.717, 1.165) is 23.5 Å². The molecule has 0 saturated carbocycles. The molecule has 0 fully saturated rings. The molecular weight excluding hydrogens is 230 g/mol. The van der Waals surface area contributed by atoms with Crippen LogP contribution >= 0.6 is 0 Å². The van der Waals surface area contributed by atoms with Crippen molar-refractivity contribution in [1.29, 1.82) is 5.26 Å². The van der Waals surface area contributed by atoms with Gasteiger partial charge in [0.15, 0.2) is 0 Å². The monoisotopic (exact) mass is 247 g/mol. The minimum absolute atomic E-state index is 0.00120. The highest BCUT2D eigenvalue weighted by Gasteiger charge is 2.14. The van der Waals surface area contributed by atoms with E-state index in [1.165, 1.54) is 0 Å². The van der Waals surface area contributed by atoms with Crippen molar-refractivity contribution in [3.05, 3.63) is 22.5 Å². The quantitative estimate of drug-likeness (QED) is 0.463. The lowest BCUT2D eigenvalue weighted by Crippen LogP contribution is -2.06. The Morgan fingerprint density at radius 1 is 1.50 bits per heavy atom. The van der Waals surface area contributed by atoms with Crippen molar-refractivity contribution in [3.63, 3.8) is 0 Å². The van der Waals surface area contributed by atoms with E-state index in [4.69, 9.17) is 10.00 Å². The number of aryl methyl sites for hydroxylation is 2. The van der Waals surface area contributed by atoms with Gasteiger partial charge in [-0.15, -0.1) is 0 Å². The van der Waals surface area contributed by atoms with Gasteiger partial charge >= 0.3 is 5.97 Å². The number of hydrogen-bond acceptors (Lipinski definition) is 4. The lowest BCUT2D eigenvalue weighted by molar-refractivity contribution is -0.137. The van der Waals surface area contributed by atoms with Crippen molar-refractivity contribution >= 4 is 12.0 Å². The van der Waals surface area contributed by atoms with E-state index in [-0.39, 0.29) is 12.2 Å². The zero-order valence-electron chi connectivity index (χ0n) is 11.1. The summed E-state index contributed by atoms with van der Waals surface area (Å²) in [6, 6.07) is 1.87. The molecule has 1 heterocycles. The van der Waals surface area contributed by atoms with Crippen molar-refractivity contribution in [2.75, 3.05) is 6.61 Å². The molecule has 5 nitrogen and oxygen atoms in total. The molecule has 1 aromatic heterocycles. The number of hydrogen-bond donors (Lipinski definition) is 0. The molecule has 0 bridgehead atoms. The van der Waals surface area contributed by atoms with Crippen LogP contribution in [0, 0.1) is 25.2 Å². The third-order valence-corrected chi connectivity index (χ3v) is 2.64. The number of ether oxygens (including phenoxy) is 1. The van der Waals surface area contributed by atoms with E-state index in [1.54, 1.807) is 13.0 Å². The fourth-order valence-corrected chi connectivity index (χ4v) is 1.72. The average Bonchev–Trinajstić information content (AvgIpc) is 2.62. The van der Waals surface area contributed by atoms with Crippen LogP contribution in [0.15, 0.2) is 5.57 Å². The maximum Gasteiger partial charge on any atom is 0.348 e. The van der Waals surface area contributed by atoms with Gasteiger partial charge in [0, 0.05) is 17.8 Å². The predicted octanol–water partition coefficient (Wildman–Crippen LogP) is 1.99. The summed E-state index contributed by atoms with van der Waals surface area (Å²) in [5.41, 5.74) is 2.54. The number of aromatic nitrogens is 2. The molecule has 0 unspecified atom stereocenters. The molecule has 5 heteroatoms. The Kier molecular flexibility index (Phi) is 4.67. The number of rotatable bonds is 4. The predicted molar refractivity (Wildman–Crippen MR) is 67.6 cm³/mol. The number of esters is 1. The second-order valence-corrected chi connectivity index (χ2v) is 3.79. The van der Waals surface area contributed by atoms with Crippen LogP contribution in [0.25, 0.3) is 6.08 Å². The van der Waals surface area contributed by atoms with Crippen molar-refractivity contribution in [3.8, 4) is 6.07 Å². The molecular formula is C13H17N3O2. The summed E-state index contributed by atoms with van der Waals surface area (Å²) >= 11 is 0. The van der Waals surface area contributed by atoms with Gasteiger partial charge in [-0.3, -0.25) is 4.68 Å². The van der Waals surface area contributed by atoms with Gasteiger partial charge < -0.3 is 4.74 Å². The Morgan fingerprint density at radius 3 is 2.61 bits per heavy atom. The first-order chi connectivity index (χ1) is 8.54. The molecule has 0 amide bonds. The summed E-state index contributed by atoms with van der Waals surface area (Å²) in [5.74, 6) is -0.594. The van der Waals surface area contributed by atoms with Gasteiger partial charge in [0.2, 0.25) is 0 Å². The van der Waals surface area contributed by atoms with Gasteiger partial charge in [-0.25, -0.2) is 4.79 Å². The third-order valence-electron chi connectivity index (χ3n) is 2.64. The van der Waals surface area contributed by atoms with Gasteiger partial charge in [0.05, 0.1) is 12.3 Å². The highest BCUT2D eigenvalue weighted by Crippen LogP contribution is 2.17. The van der Waals surface area contributed by atoms with Crippen LogP contribution in [-0.4, -0.2) is 22.4 Å². The standard InChI is InChI=1S/C13H17N3O2/c1-5-16-10(4)12(9(3)15-16)7-11(8-14)13(17)18-6-2/h7H,5-6H2,1-4H3. The van der Waals surface area contributed by atoms with E-state index >= 15 is 0 Å². The second kappa shape index (κ2) is 6.01. The maximum absolute atomic E-state index is 11.5. The van der Waals surface area contributed by atoms with Crippen molar-refractivity contribution in [1.82, 2.24) is 9.78 Å². The molecule has 1 aromatic rings. The number of nitrogens with zero attached hydrogens (tertiary/aromatic N) is 3. The van der Waals surface area contributed by atoms with Crippen LogP contribution in [-0.2, 0) is 16.1 Å². The highest BCUT2D eigenvalue weighted by molar-refractivity contribution is 5.98. The summed E-state index contributed by atoms with van der Waals surface area (Å²) in [4.78, 5) is 11.5. The topological polar surface area (TPSA) is 67.9 Å². The molecule has 96 valence electrons. The second-order valence-electron chi connectivity index (χ2n) is 3.79. The van der Waals surface area contributed by atoms with Gasteiger partial charge in [0.1, 0.15) is 11.6 Å². The fourth-order valence-electron chi connectivity index (χ4n) is 1.72. The molecule has 0 radical (unpaired) electrons. The van der Waals surface area contributed by atoms with E-state index in [2.05, 4.69) is 5.10 Å². The van der Waals surface area contributed by atoms with E-state index < -0.39 is 5.97 Å². The van der Waals surface area contributed by atoms with Gasteiger partial charge in [-0.1, -0.05) is 0 Å². The molecule has 0 aromatic carbocycles. The molecule has 0 N–H and O–H groups in total. The van der Waals surface area contributed by atoms with Gasteiger partial charge in [0.25, 0.3) is 0 Å². The molecule has 1 rings (SSSR count). The van der Waals surface area contributed by atoms with E-state index in [0.29, 0.717) is 0 Å². The van der Waals surface area contributed by atoms with Gasteiger partial charge in [-0.2, -0.15) is 10.4 Å². The van der Waals surface area contributed by atoms with Gasteiger partial charge in [-0.05, 0) is 33.8 Å². The molecule has 0 aliphatic rings. The molecule has 18 heavy (non-hydrogen) atoms. The summed E-state index contributed by atoms with van der Waals surface area (Å²) in [6.45, 7) is 8.47. The Balaban J connectivity index is 3.18. The molecule has 0 aliphatic carbocycles. The number of nitriles is 1. The Morgan fingerprint density at radius 2 is 2.17 bits per heavy atom. The normalized spacial score (nSPS) is 11.2. The Bertz CT molecular complexity index is 521. The fraction of sp³-hybridized carbons (Fsp3) is 0.462. The minimum atomic E-state index is -0.594. The number of carbonyl (C=O) groups is 1. The summed E-state index contributed by atoms with van der Waals surface area (Å²) < 4.78 is 6.66. The SMILES string of the molecule is CCOC(=O)C(C#N)=Cc1c(C)nn(CC)c1C. The lowest BCUT2D eigenvalue weighted by atomic mass is 10.1. The lowest BCUT2D eigenvalue weighted by Gasteiger charge is -2.01. The van der Waals surface area contributed by atoms with Crippen LogP contribution < -0.4 is 0 Å². The van der Waals surface area contributed by atoms with Crippen molar-refractivity contribution in [2.24, 2.45) is 0 Å². The smallest absolute Gasteiger partial charge is 0.348 e. The van der Waals surface area contributed by atoms with E-state index in [1.807, 2.05) is 31.5 Å². The zero-order valence-corrected chi connectivity index (χ0v) is 11.1.